The molecule has 19 heavy (non-hydrogen) atoms. The van der Waals surface area contributed by atoms with E-state index in [1.807, 2.05) is 30.3 Å². The van der Waals surface area contributed by atoms with Crippen molar-refractivity contribution in [2.45, 2.75) is 0 Å². The Morgan fingerprint density at radius 2 is 1.79 bits per heavy atom. The quantitative estimate of drug-likeness (QED) is 0.630. The number of hydrogen-bond donors (Lipinski definition) is 0. The Labute approximate surface area is 115 Å². The summed E-state index contributed by atoms with van der Waals surface area (Å²) in [5, 5.41) is 10.9. The minimum absolute atomic E-state index is 0.236. The maximum Gasteiger partial charge on any atom is 0.288 e. The van der Waals surface area contributed by atoms with Crippen LogP contribution in [-0.2, 0) is 10.0 Å². The van der Waals surface area contributed by atoms with Crippen LogP contribution in [0.3, 0.4) is 0 Å². The van der Waals surface area contributed by atoms with Crippen LogP contribution in [0.4, 0.5) is 5.69 Å². The van der Waals surface area contributed by atoms with Crippen LogP contribution in [0.25, 0.3) is 0 Å². The minimum Gasteiger partial charge on any atom is -0.258 e. The molecule has 2 aromatic rings. The molecule has 102 valence electrons. The second-order valence-corrected chi connectivity index (χ2v) is 5.84. The average Bonchev–Trinajstić information content (AvgIpc) is 2.79. The molecule has 0 fully saturated rings. The van der Waals surface area contributed by atoms with Crippen molar-refractivity contribution < 1.29 is 13.3 Å². The van der Waals surface area contributed by atoms with Gasteiger partial charge in [-0.1, -0.05) is 29.8 Å². The van der Waals surface area contributed by atoms with E-state index in [-0.39, 0.29) is 5.69 Å². The van der Waals surface area contributed by atoms with Gasteiger partial charge in [0.15, 0.2) is 0 Å². The predicted molar refractivity (Wildman–Crippen MR) is 72.8 cm³/mol. The molecule has 0 spiro atoms. The second kappa shape index (κ2) is 6.35. The van der Waals surface area contributed by atoms with E-state index < -0.39 is 14.9 Å². The Balaban J connectivity index is 0.000000218. The second-order valence-electron chi connectivity index (χ2n) is 3.52. The summed E-state index contributed by atoms with van der Waals surface area (Å²) in [6.07, 6.45) is 3.06. The van der Waals surface area contributed by atoms with E-state index in [2.05, 4.69) is 0 Å². The minimum atomic E-state index is -3.40. The lowest BCUT2D eigenvalue weighted by atomic mass is 10.4. The number of rotatable bonds is 2. The first-order valence-electron chi connectivity index (χ1n) is 5.04. The van der Waals surface area contributed by atoms with Gasteiger partial charge in [0.2, 0.25) is 10.0 Å². The molecule has 0 amide bonds. The summed E-state index contributed by atoms with van der Waals surface area (Å²) >= 11 is 5.54. The van der Waals surface area contributed by atoms with Crippen LogP contribution in [-0.4, -0.2) is 23.6 Å². The van der Waals surface area contributed by atoms with Crippen molar-refractivity contribution in [3.63, 3.8) is 0 Å². The van der Waals surface area contributed by atoms with Gasteiger partial charge in [-0.05, 0) is 12.1 Å². The maximum atomic E-state index is 10.8. The number of aromatic nitrogens is 1. The molecule has 0 aliphatic carbocycles. The van der Waals surface area contributed by atoms with Crippen LogP contribution in [0.2, 0.25) is 5.02 Å². The molecule has 0 aliphatic rings. The highest BCUT2D eigenvalue weighted by molar-refractivity contribution is 7.89. The molecule has 0 saturated heterocycles. The lowest BCUT2D eigenvalue weighted by molar-refractivity contribution is -0.384. The van der Waals surface area contributed by atoms with Gasteiger partial charge in [0.05, 0.1) is 17.4 Å². The highest BCUT2D eigenvalue weighted by Gasteiger charge is 2.11. The van der Waals surface area contributed by atoms with Crippen molar-refractivity contribution in [2.75, 3.05) is 6.26 Å². The molecule has 1 aromatic heterocycles. The smallest absolute Gasteiger partial charge is 0.258 e. The van der Waals surface area contributed by atoms with Gasteiger partial charge >= 0.3 is 0 Å². The topological polar surface area (TPSA) is 82.2 Å². The van der Waals surface area contributed by atoms with Gasteiger partial charge in [0, 0.05) is 17.3 Å². The van der Waals surface area contributed by atoms with Crippen molar-refractivity contribution in [2.24, 2.45) is 0 Å². The van der Waals surface area contributed by atoms with Gasteiger partial charge in [-0.3, -0.25) is 10.1 Å². The van der Waals surface area contributed by atoms with Gasteiger partial charge in [-0.25, -0.2) is 12.4 Å². The van der Waals surface area contributed by atoms with Crippen LogP contribution in [0.15, 0.2) is 48.8 Å². The van der Waals surface area contributed by atoms with E-state index in [1.165, 1.54) is 0 Å². The first-order chi connectivity index (χ1) is 8.80. The fraction of sp³-hybridized carbons (Fsp3) is 0.0909. The van der Waals surface area contributed by atoms with Crippen LogP contribution in [0.5, 0.6) is 0 Å². The number of benzene rings is 1. The molecule has 0 radical (unpaired) electrons. The molecule has 0 aliphatic heterocycles. The Kier molecular flexibility index (Phi) is 5.08. The van der Waals surface area contributed by atoms with E-state index in [0.717, 1.165) is 33.7 Å². The molecular formula is C11H11ClN2O4S. The van der Waals surface area contributed by atoms with Crippen molar-refractivity contribution >= 4 is 27.3 Å². The molecular weight excluding hydrogens is 292 g/mol. The van der Waals surface area contributed by atoms with Crippen molar-refractivity contribution in [1.29, 1.82) is 0 Å². The summed E-state index contributed by atoms with van der Waals surface area (Å²) in [5.41, 5.74) is -0.236. The lowest BCUT2D eigenvalue weighted by Crippen LogP contribution is -2.06. The lowest BCUT2D eigenvalue weighted by Gasteiger charge is -1.94. The fourth-order valence-corrected chi connectivity index (χ4v) is 1.82. The third-order valence-electron chi connectivity index (χ3n) is 1.98. The highest BCUT2D eigenvalue weighted by atomic mass is 35.5. The van der Waals surface area contributed by atoms with Gasteiger partial charge in [-0.15, -0.1) is 0 Å². The molecule has 1 aromatic carbocycles. The highest BCUT2D eigenvalue weighted by Crippen LogP contribution is 2.11. The molecule has 2 rings (SSSR count). The predicted octanol–water partition coefficient (Wildman–Crippen LogP) is 2.54. The van der Waals surface area contributed by atoms with E-state index in [1.54, 1.807) is 0 Å². The van der Waals surface area contributed by atoms with Gasteiger partial charge in [0.25, 0.3) is 5.69 Å². The molecule has 0 bridgehead atoms. The summed E-state index contributed by atoms with van der Waals surface area (Å²) in [4.78, 5) is 9.49. The first-order valence-corrected chi connectivity index (χ1v) is 7.27. The van der Waals surface area contributed by atoms with Crippen molar-refractivity contribution in [3.8, 4) is 0 Å². The molecule has 0 atom stereocenters. The van der Waals surface area contributed by atoms with Crippen LogP contribution >= 0.6 is 11.6 Å². The SMILES string of the molecule is CS(=O)(=O)n1ccc([N+](=O)[O-])c1.Clc1ccccc1. The summed E-state index contributed by atoms with van der Waals surface area (Å²) in [6.45, 7) is 0. The van der Waals surface area contributed by atoms with Crippen LogP contribution < -0.4 is 0 Å². The molecule has 0 saturated carbocycles. The van der Waals surface area contributed by atoms with Gasteiger partial charge in [0.1, 0.15) is 0 Å². The monoisotopic (exact) mass is 302 g/mol. The Hall–Kier alpha value is -1.86. The van der Waals surface area contributed by atoms with Gasteiger partial charge in [-0.2, -0.15) is 0 Å². The molecule has 6 nitrogen and oxygen atoms in total. The largest absolute Gasteiger partial charge is 0.288 e. The van der Waals surface area contributed by atoms with Crippen LogP contribution in [0, 0.1) is 10.1 Å². The zero-order valence-electron chi connectivity index (χ0n) is 9.93. The number of hydrogen-bond acceptors (Lipinski definition) is 4. The third-order valence-corrected chi connectivity index (χ3v) is 3.22. The number of nitro groups is 1. The van der Waals surface area contributed by atoms with E-state index in [4.69, 9.17) is 11.6 Å². The summed E-state index contributed by atoms with van der Waals surface area (Å²) in [6, 6.07) is 10.6. The van der Waals surface area contributed by atoms with E-state index in [9.17, 15) is 18.5 Å². The summed E-state index contributed by atoms with van der Waals surface area (Å²) in [7, 11) is -3.40. The Morgan fingerprint density at radius 1 is 1.21 bits per heavy atom. The molecule has 8 heteroatoms. The van der Waals surface area contributed by atoms with E-state index in [0.29, 0.717) is 0 Å². The summed E-state index contributed by atoms with van der Waals surface area (Å²) in [5.74, 6) is 0. The van der Waals surface area contributed by atoms with Crippen molar-refractivity contribution in [1.82, 2.24) is 3.97 Å². The molecule has 0 N–H and O–H groups in total. The zero-order chi connectivity index (χ0) is 14.5. The van der Waals surface area contributed by atoms with Gasteiger partial charge < -0.3 is 0 Å². The zero-order valence-corrected chi connectivity index (χ0v) is 11.5. The average molecular weight is 303 g/mol. The standard InChI is InChI=1S/C6H5Cl.C5H6N2O4S/c7-6-4-2-1-3-5-6;1-12(10,11)6-3-2-5(4-6)7(8)9/h1-5H;2-4H,1H3. The fourth-order valence-electron chi connectivity index (χ4n) is 1.10. The van der Waals surface area contributed by atoms with Crippen LogP contribution in [0.1, 0.15) is 0 Å². The number of halogens is 1. The van der Waals surface area contributed by atoms with E-state index >= 15 is 0 Å². The molecule has 1 heterocycles. The number of nitrogens with zero attached hydrogens (tertiary/aromatic N) is 2. The van der Waals surface area contributed by atoms with Crippen molar-refractivity contribution in [3.05, 3.63) is 63.9 Å². The Bertz CT molecular complexity index is 652. The Morgan fingerprint density at radius 3 is 2.05 bits per heavy atom. The maximum absolute atomic E-state index is 10.8. The molecule has 0 unspecified atom stereocenters. The first kappa shape index (κ1) is 15.2. The summed E-state index contributed by atoms with van der Waals surface area (Å²) < 4.78 is 22.4. The third kappa shape index (κ3) is 5.11. The normalized spacial score (nSPS) is 10.4.